The molecule has 0 saturated carbocycles. The van der Waals surface area contributed by atoms with Crippen molar-refractivity contribution in [1.29, 1.82) is 0 Å². The SMILES string of the molecule is CC(O)(CCl)C(=O)Nc1ccccc1. The molecule has 14 heavy (non-hydrogen) atoms. The van der Waals surface area contributed by atoms with E-state index >= 15 is 0 Å². The van der Waals surface area contributed by atoms with Crippen LogP contribution in [0.2, 0.25) is 0 Å². The monoisotopic (exact) mass is 213 g/mol. The second-order valence-corrected chi connectivity index (χ2v) is 3.49. The third-order valence-corrected chi connectivity index (χ3v) is 2.30. The highest BCUT2D eigenvalue weighted by molar-refractivity contribution is 6.21. The second-order valence-electron chi connectivity index (χ2n) is 3.23. The van der Waals surface area contributed by atoms with E-state index in [2.05, 4.69) is 5.32 Å². The molecule has 76 valence electrons. The topological polar surface area (TPSA) is 49.3 Å². The Hall–Kier alpha value is -1.06. The molecule has 0 heterocycles. The van der Waals surface area contributed by atoms with Gasteiger partial charge in [0.1, 0.15) is 0 Å². The van der Waals surface area contributed by atoms with Gasteiger partial charge in [0.2, 0.25) is 0 Å². The zero-order valence-electron chi connectivity index (χ0n) is 7.83. The fraction of sp³-hybridized carbons (Fsp3) is 0.300. The molecule has 0 aliphatic carbocycles. The summed E-state index contributed by atoms with van der Waals surface area (Å²) >= 11 is 5.44. The van der Waals surface area contributed by atoms with Crippen molar-refractivity contribution in [3.63, 3.8) is 0 Å². The Morgan fingerprint density at radius 1 is 1.50 bits per heavy atom. The van der Waals surface area contributed by atoms with Gasteiger partial charge >= 0.3 is 0 Å². The van der Waals surface area contributed by atoms with E-state index in [1.807, 2.05) is 6.07 Å². The second kappa shape index (κ2) is 4.44. The first-order valence-corrected chi connectivity index (χ1v) is 4.74. The van der Waals surface area contributed by atoms with E-state index in [9.17, 15) is 9.90 Å². The first-order chi connectivity index (χ1) is 6.56. The van der Waals surface area contributed by atoms with Gasteiger partial charge in [0, 0.05) is 5.69 Å². The van der Waals surface area contributed by atoms with E-state index in [0.29, 0.717) is 5.69 Å². The van der Waals surface area contributed by atoms with Crippen molar-refractivity contribution in [3.05, 3.63) is 30.3 Å². The molecule has 1 unspecified atom stereocenters. The molecule has 4 heteroatoms. The van der Waals surface area contributed by atoms with Gasteiger partial charge in [0.05, 0.1) is 5.88 Å². The van der Waals surface area contributed by atoms with Crippen molar-refractivity contribution in [2.24, 2.45) is 0 Å². The minimum Gasteiger partial charge on any atom is -0.379 e. The van der Waals surface area contributed by atoms with Crippen LogP contribution in [-0.2, 0) is 4.79 Å². The lowest BCUT2D eigenvalue weighted by Gasteiger charge is -2.18. The quantitative estimate of drug-likeness (QED) is 0.750. The van der Waals surface area contributed by atoms with Crippen molar-refractivity contribution >= 4 is 23.2 Å². The number of carbonyl (C=O) groups is 1. The fourth-order valence-corrected chi connectivity index (χ4v) is 0.969. The summed E-state index contributed by atoms with van der Waals surface area (Å²) in [6.07, 6.45) is 0. The first kappa shape index (κ1) is 11.0. The zero-order chi connectivity index (χ0) is 10.6. The van der Waals surface area contributed by atoms with Crippen molar-refractivity contribution in [3.8, 4) is 0 Å². The molecule has 0 spiro atoms. The molecule has 1 atom stereocenters. The van der Waals surface area contributed by atoms with E-state index in [4.69, 9.17) is 11.6 Å². The molecule has 0 aliphatic heterocycles. The van der Waals surface area contributed by atoms with E-state index in [1.54, 1.807) is 24.3 Å². The minimum absolute atomic E-state index is 0.133. The van der Waals surface area contributed by atoms with Gasteiger partial charge in [0.25, 0.3) is 5.91 Å². The lowest BCUT2D eigenvalue weighted by atomic mass is 10.1. The number of halogens is 1. The van der Waals surface area contributed by atoms with Crippen molar-refractivity contribution in [1.82, 2.24) is 0 Å². The van der Waals surface area contributed by atoms with Crippen molar-refractivity contribution < 1.29 is 9.90 Å². The van der Waals surface area contributed by atoms with Crippen LogP contribution in [0.4, 0.5) is 5.69 Å². The third-order valence-electron chi connectivity index (χ3n) is 1.78. The summed E-state index contributed by atoms with van der Waals surface area (Å²) in [6, 6.07) is 8.91. The highest BCUT2D eigenvalue weighted by atomic mass is 35.5. The van der Waals surface area contributed by atoms with Crippen LogP contribution in [0.25, 0.3) is 0 Å². The Labute approximate surface area is 87.7 Å². The molecule has 0 aliphatic rings. The Morgan fingerprint density at radius 3 is 2.57 bits per heavy atom. The minimum atomic E-state index is -1.53. The van der Waals surface area contributed by atoms with Gasteiger partial charge in [-0.25, -0.2) is 0 Å². The van der Waals surface area contributed by atoms with Gasteiger partial charge in [-0.15, -0.1) is 11.6 Å². The predicted octanol–water partition coefficient (Wildman–Crippen LogP) is 1.61. The van der Waals surface area contributed by atoms with Crippen LogP contribution in [0.5, 0.6) is 0 Å². The number of benzene rings is 1. The summed E-state index contributed by atoms with van der Waals surface area (Å²) in [6.45, 7) is 1.37. The molecular formula is C10H12ClNO2. The standard InChI is InChI=1S/C10H12ClNO2/c1-10(14,7-11)9(13)12-8-5-3-2-4-6-8/h2-6,14H,7H2,1H3,(H,12,13). The fourth-order valence-electron chi connectivity index (χ4n) is 0.848. The maximum Gasteiger partial charge on any atom is 0.257 e. The number of rotatable bonds is 3. The molecule has 0 radical (unpaired) electrons. The molecule has 3 nitrogen and oxygen atoms in total. The van der Waals surface area contributed by atoms with Crippen LogP contribution < -0.4 is 5.32 Å². The Kier molecular flexibility index (Phi) is 3.49. The zero-order valence-corrected chi connectivity index (χ0v) is 8.58. The highest BCUT2D eigenvalue weighted by Crippen LogP contribution is 2.11. The molecule has 2 N–H and O–H groups in total. The Bertz CT molecular complexity index is 311. The van der Waals surface area contributed by atoms with Gasteiger partial charge in [-0.2, -0.15) is 0 Å². The van der Waals surface area contributed by atoms with Crippen LogP contribution in [0.1, 0.15) is 6.92 Å². The lowest BCUT2D eigenvalue weighted by molar-refractivity contribution is -0.130. The number of carbonyl (C=O) groups excluding carboxylic acids is 1. The van der Waals surface area contributed by atoms with Crippen LogP contribution in [0, 0.1) is 0 Å². The number of nitrogens with one attached hydrogen (secondary N) is 1. The van der Waals surface area contributed by atoms with Gasteiger partial charge in [-0.3, -0.25) is 4.79 Å². The smallest absolute Gasteiger partial charge is 0.257 e. The number of amides is 1. The molecule has 0 fully saturated rings. The maximum atomic E-state index is 11.4. The number of hydrogen-bond donors (Lipinski definition) is 2. The third kappa shape index (κ3) is 2.72. The molecule has 0 saturated heterocycles. The summed E-state index contributed by atoms with van der Waals surface area (Å²) in [5, 5.41) is 12.1. The van der Waals surface area contributed by atoms with Crippen LogP contribution in [0.3, 0.4) is 0 Å². The summed E-state index contributed by atoms with van der Waals surface area (Å²) in [5.74, 6) is -0.634. The largest absolute Gasteiger partial charge is 0.379 e. The summed E-state index contributed by atoms with van der Waals surface area (Å²) in [4.78, 5) is 11.4. The summed E-state index contributed by atoms with van der Waals surface area (Å²) in [5.41, 5.74) is -0.889. The van der Waals surface area contributed by atoms with Crippen LogP contribution >= 0.6 is 11.6 Å². The van der Waals surface area contributed by atoms with Crippen molar-refractivity contribution in [2.75, 3.05) is 11.2 Å². The van der Waals surface area contributed by atoms with E-state index in [-0.39, 0.29) is 5.88 Å². The summed E-state index contributed by atoms with van der Waals surface area (Å²) in [7, 11) is 0. The number of hydrogen-bond acceptors (Lipinski definition) is 2. The lowest BCUT2D eigenvalue weighted by Crippen LogP contribution is -2.41. The Morgan fingerprint density at radius 2 is 2.07 bits per heavy atom. The highest BCUT2D eigenvalue weighted by Gasteiger charge is 2.28. The molecule has 0 bridgehead atoms. The van der Waals surface area contributed by atoms with Gasteiger partial charge in [-0.05, 0) is 19.1 Å². The molecular weight excluding hydrogens is 202 g/mol. The maximum absolute atomic E-state index is 11.4. The molecule has 1 amide bonds. The molecule has 1 aromatic rings. The number of aliphatic hydroxyl groups is 1. The predicted molar refractivity (Wildman–Crippen MR) is 56.4 cm³/mol. The molecule has 1 aromatic carbocycles. The normalized spacial score (nSPS) is 14.5. The summed E-state index contributed by atoms with van der Waals surface area (Å²) < 4.78 is 0. The number of alkyl halides is 1. The number of para-hydroxylation sites is 1. The molecule has 0 aromatic heterocycles. The van der Waals surface area contributed by atoms with Gasteiger partial charge < -0.3 is 10.4 Å². The van der Waals surface area contributed by atoms with Gasteiger partial charge in [0.15, 0.2) is 5.60 Å². The number of anilines is 1. The Balaban J connectivity index is 2.67. The average molecular weight is 214 g/mol. The van der Waals surface area contributed by atoms with Crippen LogP contribution in [0.15, 0.2) is 30.3 Å². The van der Waals surface area contributed by atoms with Gasteiger partial charge in [-0.1, -0.05) is 18.2 Å². The van der Waals surface area contributed by atoms with Crippen LogP contribution in [-0.4, -0.2) is 22.5 Å². The van der Waals surface area contributed by atoms with E-state index in [1.165, 1.54) is 6.92 Å². The first-order valence-electron chi connectivity index (χ1n) is 4.21. The van der Waals surface area contributed by atoms with E-state index in [0.717, 1.165) is 0 Å². The van der Waals surface area contributed by atoms with Crippen molar-refractivity contribution in [2.45, 2.75) is 12.5 Å². The van der Waals surface area contributed by atoms with E-state index < -0.39 is 11.5 Å². The molecule has 1 rings (SSSR count). The average Bonchev–Trinajstić information content (AvgIpc) is 2.19.